The number of H-pyrrole nitrogens is 1. The zero-order chi connectivity index (χ0) is 10.1. The molecule has 14 heavy (non-hydrogen) atoms. The highest BCUT2D eigenvalue weighted by atomic mass is 32.1. The number of ether oxygens (including phenoxy) is 1. The Morgan fingerprint density at radius 1 is 1.64 bits per heavy atom. The van der Waals surface area contributed by atoms with Gasteiger partial charge in [-0.15, -0.1) is 0 Å². The van der Waals surface area contributed by atoms with Gasteiger partial charge in [-0.05, 0) is 38.9 Å². The van der Waals surface area contributed by atoms with Gasteiger partial charge in [0.15, 0.2) is 10.6 Å². The van der Waals surface area contributed by atoms with Gasteiger partial charge < -0.3 is 4.74 Å². The molecule has 4 nitrogen and oxygen atoms in total. The van der Waals surface area contributed by atoms with Crippen molar-refractivity contribution >= 4 is 12.2 Å². The normalized spacial score (nSPS) is 16.5. The van der Waals surface area contributed by atoms with Crippen molar-refractivity contribution in [3.8, 4) is 0 Å². The van der Waals surface area contributed by atoms with E-state index in [1.54, 1.807) is 0 Å². The lowest BCUT2D eigenvalue weighted by Crippen LogP contribution is -2.08. The van der Waals surface area contributed by atoms with Crippen molar-refractivity contribution in [1.29, 1.82) is 0 Å². The first-order valence-electron chi connectivity index (χ1n) is 4.96. The average molecular weight is 213 g/mol. The monoisotopic (exact) mass is 213 g/mol. The van der Waals surface area contributed by atoms with Crippen LogP contribution in [0.5, 0.6) is 0 Å². The molecule has 0 amide bonds. The quantitative estimate of drug-likeness (QED) is 0.780. The van der Waals surface area contributed by atoms with Gasteiger partial charge >= 0.3 is 0 Å². The standard InChI is InChI=1S/C9H15N3OS/c1-6(2)13-5-8-10-11-9(14)12(8)7-3-4-7/h6-7H,3-5H2,1-2H3,(H,11,14). The zero-order valence-corrected chi connectivity index (χ0v) is 9.30. The van der Waals surface area contributed by atoms with Gasteiger partial charge in [0, 0.05) is 6.04 Å². The summed E-state index contributed by atoms with van der Waals surface area (Å²) in [4.78, 5) is 0. The lowest BCUT2D eigenvalue weighted by molar-refractivity contribution is 0.0592. The van der Waals surface area contributed by atoms with Gasteiger partial charge in [0.05, 0.1) is 6.10 Å². The van der Waals surface area contributed by atoms with Crippen LogP contribution in [0.2, 0.25) is 0 Å². The van der Waals surface area contributed by atoms with Crippen LogP contribution < -0.4 is 0 Å². The highest BCUT2D eigenvalue weighted by molar-refractivity contribution is 7.71. The molecule has 1 N–H and O–H groups in total. The Labute approximate surface area is 88.3 Å². The van der Waals surface area contributed by atoms with Crippen molar-refractivity contribution in [2.75, 3.05) is 0 Å². The third-order valence-electron chi connectivity index (χ3n) is 2.24. The summed E-state index contributed by atoms with van der Waals surface area (Å²) in [6.07, 6.45) is 2.65. The Morgan fingerprint density at radius 3 is 2.93 bits per heavy atom. The highest BCUT2D eigenvalue weighted by Crippen LogP contribution is 2.35. The van der Waals surface area contributed by atoms with Crippen LogP contribution in [0.3, 0.4) is 0 Å². The first-order chi connectivity index (χ1) is 6.68. The van der Waals surface area contributed by atoms with Crippen LogP contribution in [0.25, 0.3) is 0 Å². The van der Waals surface area contributed by atoms with Crippen LogP contribution in [0.15, 0.2) is 0 Å². The molecule has 1 aromatic heterocycles. The summed E-state index contributed by atoms with van der Waals surface area (Å²) in [7, 11) is 0. The Balaban J connectivity index is 2.12. The first kappa shape index (κ1) is 9.86. The van der Waals surface area contributed by atoms with Crippen molar-refractivity contribution in [2.45, 2.75) is 45.4 Å². The first-order valence-corrected chi connectivity index (χ1v) is 5.36. The SMILES string of the molecule is CC(C)OCc1n[nH]c(=S)n1C1CC1. The van der Waals surface area contributed by atoms with Crippen molar-refractivity contribution in [3.05, 3.63) is 10.6 Å². The summed E-state index contributed by atoms with van der Waals surface area (Å²) < 4.78 is 8.31. The van der Waals surface area contributed by atoms with Crippen LogP contribution in [0.1, 0.15) is 38.6 Å². The van der Waals surface area contributed by atoms with Crippen LogP contribution in [0.4, 0.5) is 0 Å². The van der Waals surface area contributed by atoms with Gasteiger partial charge in [-0.2, -0.15) is 5.10 Å². The van der Waals surface area contributed by atoms with Crippen molar-refractivity contribution < 1.29 is 4.74 Å². The Bertz CT molecular complexity index is 364. The van der Waals surface area contributed by atoms with E-state index in [1.807, 2.05) is 13.8 Å². The molecule has 0 radical (unpaired) electrons. The molecule has 2 rings (SSSR count). The second-order valence-electron chi connectivity index (χ2n) is 3.91. The molecule has 5 heteroatoms. The molecule has 0 unspecified atom stereocenters. The second-order valence-corrected chi connectivity index (χ2v) is 4.29. The van der Waals surface area contributed by atoms with Crippen LogP contribution in [-0.2, 0) is 11.3 Å². The van der Waals surface area contributed by atoms with Crippen LogP contribution in [0, 0.1) is 4.77 Å². The van der Waals surface area contributed by atoms with E-state index >= 15 is 0 Å². The Hall–Kier alpha value is -0.680. The van der Waals surface area contributed by atoms with Crippen LogP contribution >= 0.6 is 12.2 Å². The van der Waals surface area contributed by atoms with Gasteiger partial charge in [0.2, 0.25) is 0 Å². The summed E-state index contributed by atoms with van der Waals surface area (Å²) in [5, 5.41) is 6.99. The van der Waals surface area contributed by atoms with Gasteiger partial charge in [0.25, 0.3) is 0 Å². The molecule has 0 atom stereocenters. The third-order valence-corrected chi connectivity index (χ3v) is 2.52. The molecule has 1 heterocycles. The highest BCUT2D eigenvalue weighted by Gasteiger charge is 2.27. The number of nitrogens with one attached hydrogen (secondary N) is 1. The number of nitrogens with zero attached hydrogens (tertiary/aromatic N) is 2. The molecule has 0 saturated heterocycles. The molecule has 1 aliphatic carbocycles. The molecule has 0 bridgehead atoms. The molecule has 0 spiro atoms. The third kappa shape index (κ3) is 2.04. The minimum Gasteiger partial charge on any atom is -0.371 e. The van der Waals surface area contributed by atoms with E-state index < -0.39 is 0 Å². The molecular formula is C9H15N3OS. The zero-order valence-electron chi connectivity index (χ0n) is 8.49. The predicted octanol–water partition coefficient (Wildman–Crippen LogP) is 2.20. The van der Waals surface area contributed by atoms with Crippen molar-refractivity contribution in [3.63, 3.8) is 0 Å². The maximum Gasteiger partial charge on any atom is 0.195 e. The smallest absolute Gasteiger partial charge is 0.195 e. The maximum absolute atomic E-state index is 5.51. The Kier molecular flexibility index (Phi) is 2.69. The van der Waals surface area contributed by atoms with Crippen molar-refractivity contribution in [1.82, 2.24) is 14.8 Å². The fraction of sp³-hybridized carbons (Fsp3) is 0.778. The number of hydrogen-bond acceptors (Lipinski definition) is 3. The van der Waals surface area contributed by atoms with Gasteiger partial charge in [0.1, 0.15) is 6.61 Å². The van der Waals surface area contributed by atoms with Gasteiger partial charge in [-0.25, -0.2) is 0 Å². The molecular weight excluding hydrogens is 198 g/mol. The molecule has 1 saturated carbocycles. The van der Waals surface area contributed by atoms with Gasteiger partial charge in [-0.1, -0.05) is 0 Å². The molecule has 78 valence electrons. The minimum absolute atomic E-state index is 0.230. The van der Waals surface area contributed by atoms with E-state index in [4.69, 9.17) is 17.0 Å². The summed E-state index contributed by atoms with van der Waals surface area (Å²) in [6.45, 7) is 4.58. The van der Waals surface area contributed by atoms with E-state index in [9.17, 15) is 0 Å². The Morgan fingerprint density at radius 2 is 2.36 bits per heavy atom. The van der Waals surface area contributed by atoms with E-state index in [0.717, 1.165) is 10.6 Å². The van der Waals surface area contributed by atoms with E-state index in [-0.39, 0.29) is 6.10 Å². The maximum atomic E-state index is 5.51. The van der Waals surface area contributed by atoms with Crippen LogP contribution in [-0.4, -0.2) is 20.9 Å². The summed E-state index contributed by atoms with van der Waals surface area (Å²) in [5.74, 6) is 0.922. The summed E-state index contributed by atoms with van der Waals surface area (Å²) >= 11 is 5.16. The second kappa shape index (κ2) is 3.82. The molecule has 1 fully saturated rings. The number of rotatable bonds is 4. The average Bonchev–Trinajstić information content (AvgIpc) is 2.88. The molecule has 0 aromatic carbocycles. The lowest BCUT2D eigenvalue weighted by Gasteiger charge is -2.08. The fourth-order valence-electron chi connectivity index (χ4n) is 1.39. The van der Waals surface area contributed by atoms with Crippen molar-refractivity contribution in [2.24, 2.45) is 0 Å². The molecule has 1 aromatic rings. The minimum atomic E-state index is 0.230. The number of aromatic amines is 1. The number of hydrogen-bond donors (Lipinski definition) is 1. The predicted molar refractivity (Wildman–Crippen MR) is 55.6 cm³/mol. The summed E-state index contributed by atoms with van der Waals surface area (Å²) in [6, 6.07) is 0.562. The van der Waals surface area contributed by atoms with E-state index in [1.165, 1.54) is 12.8 Å². The van der Waals surface area contributed by atoms with E-state index in [0.29, 0.717) is 12.6 Å². The molecule has 1 aliphatic rings. The lowest BCUT2D eigenvalue weighted by atomic mass is 10.5. The fourth-order valence-corrected chi connectivity index (χ4v) is 1.69. The largest absolute Gasteiger partial charge is 0.371 e. The van der Waals surface area contributed by atoms with E-state index in [2.05, 4.69) is 14.8 Å². The topological polar surface area (TPSA) is 42.8 Å². The summed E-state index contributed by atoms with van der Waals surface area (Å²) in [5.41, 5.74) is 0. The number of aromatic nitrogens is 3. The molecule has 0 aliphatic heterocycles. The van der Waals surface area contributed by atoms with Gasteiger partial charge in [-0.3, -0.25) is 9.67 Å².